The third kappa shape index (κ3) is 6.30. The first-order valence-electron chi connectivity index (χ1n) is 8.95. The van der Waals surface area contributed by atoms with Crippen LogP contribution in [0.2, 0.25) is 0 Å². The molecule has 2 saturated heterocycles. The van der Waals surface area contributed by atoms with Crippen LogP contribution in [-0.2, 0) is 19.2 Å². The van der Waals surface area contributed by atoms with Gasteiger partial charge in [0.05, 0.1) is 25.8 Å². The number of anilines is 1. The maximum absolute atomic E-state index is 12.2. The molecule has 148 valence electrons. The van der Waals surface area contributed by atoms with Gasteiger partial charge in [0.25, 0.3) is 0 Å². The Morgan fingerprint density at radius 1 is 1.19 bits per heavy atom. The van der Waals surface area contributed by atoms with E-state index in [1.54, 1.807) is 23.4 Å². The van der Waals surface area contributed by atoms with Crippen LogP contribution in [0.5, 0.6) is 0 Å². The Hall–Kier alpha value is -1.96. The van der Waals surface area contributed by atoms with Crippen LogP contribution in [0.3, 0.4) is 0 Å². The van der Waals surface area contributed by atoms with Crippen molar-refractivity contribution >= 4 is 30.0 Å². The molecule has 0 spiro atoms. The summed E-state index contributed by atoms with van der Waals surface area (Å²) < 4.78 is 5.65. The highest BCUT2D eigenvalue weighted by Gasteiger charge is 2.24. The van der Waals surface area contributed by atoms with Gasteiger partial charge in [-0.15, -0.1) is 17.5 Å². The van der Waals surface area contributed by atoms with E-state index in [0.29, 0.717) is 13.1 Å². The van der Waals surface area contributed by atoms with E-state index in [-0.39, 0.29) is 30.7 Å². The second-order valence-corrected chi connectivity index (χ2v) is 6.34. The molecule has 3 heterocycles. The van der Waals surface area contributed by atoms with E-state index in [0.717, 1.165) is 44.7 Å². The molecule has 0 atom stereocenters. The van der Waals surface area contributed by atoms with Crippen molar-refractivity contribution in [3.8, 4) is 0 Å². The number of piperazine rings is 1. The Balaban J connectivity index is 0.00000261. The number of hydrogen-bond donors (Lipinski definition) is 1. The van der Waals surface area contributed by atoms with Gasteiger partial charge in [-0.2, -0.15) is 0 Å². The van der Waals surface area contributed by atoms with Crippen LogP contribution in [0.15, 0.2) is 30.1 Å². The lowest BCUT2D eigenvalue weighted by molar-refractivity contribution is -0.187. The minimum atomic E-state index is -0.675. The van der Waals surface area contributed by atoms with Crippen molar-refractivity contribution < 1.29 is 19.2 Å². The molecule has 0 aliphatic carbocycles. The molecule has 3 rings (SSSR count). The fourth-order valence-electron chi connectivity index (χ4n) is 3.06. The van der Waals surface area contributed by atoms with Gasteiger partial charge in [-0.3, -0.25) is 4.98 Å². The lowest BCUT2D eigenvalue weighted by Gasteiger charge is -2.34. The van der Waals surface area contributed by atoms with E-state index in [1.165, 1.54) is 0 Å². The number of piperidine rings is 1. The maximum Gasteiger partial charge on any atom is 0.366 e. The molecule has 9 heteroatoms. The average molecular weight is 397 g/mol. The smallest absolute Gasteiger partial charge is 0.366 e. The Morgan fingerprint density at radius 3 is 2.48 bits per heavy atom. The monoisotopic (exact) mass is 396 g/mol. The summed E-state index contributed by atoms with van der Waals surface area (Å²) in [5.41, 5.74) is 0.995. The molecule has 1 aromatic heterocycles. The Labute approximate surface area is 164 Å². The largest absolute Gasteiger partial charge is 0.372 e. The van der Waals surface area contributed by atoms with Gasteiger partial charge in [0.1, 0.15) is 11.5 Å². The highest BCUT2D eigenvalue weighted by molar-refractivity contribution is 5.96. The molecule has 0 unspecified atom stereocenters. The Morgan fingerprint density at radius 2 is 1.85 bits per heavy atom. The summed E-state index contributed by atoms with van der Waals surface area (Å²) in [4.78, 5) is 34.8. The number of hydroxylamine groups is 2. The fraction of sp³-hybridized carbons (Fsp3) is 0.556. The third-order valence-corrected chi connectivity index (χ3v) is 4.60. The first-order chi connectivity index (χ1) is 12.8. The number of rotatable bonds is 6. The van der Waals surface area contributed by atoms with E-state index in [4.69, 9.17) is 9.57 Å². The van der Waals surface area contributed by atoms with Crippen LogP contribution in [0.4, 0.5) is 5.69 Å². The van der Waals surface area contributed by atoms with Gasteiger partial charge in [-0.1, -0.05) is 0 Å². The summed E-state index contributed by atoms with van der Waals surface area (Å²) in [5, 5.41) is 4.82. The number of carbonyl (C=O) groups is 1. The number of aromatic nitrogens is 1. The molecule has 0 aromatic carbocycles. The molecule has 0 radical (unpaired) electrons. The molecule has 27 heavy (non-hydrogen) atoms. The molecule has 1 aromatic rings. The van der Waals surface area contributed by atoms with Gasteiger partial charge < -0.3 is 19.8 Å². The van der Waals surface area contributed by atoms with Crippen molar-refractivity contribution in [3.05, 3.63) is 30.1 Å². The maximum atomic E-state index is 12.2. The molecule has 0 amide bonds. The van der Waals surface area contributed by atoms with Gasteiger partial charge in [0, 0.05) is 31.2 Å². The molecule has 2 fully saturated rings. The zero-order valence-electron chi connectivity index (χ0n) is 15.1. The number of halogens is 1. The minimum absolute atomic E-state index is 0. The number of nitrogens with zero attached hydrogens (tertiary/aromatic N) is 3. The van der Waals surface area contributed by atoms with Gasteiger partial charge in [0.15, 0.2) is 0 Å². The highest BCUT2D eigenvalue weighted by Crippen LogP contribution is 2.15. The zero-order valence-corrected chi connectivity index (χ0v) is 16.0. The van der Waals surface area contributed by atoms with Crippen molar-refractivity contribution in [2.24, 2.45) is 0 Å². The quantitative estimate of drug-likeness (QED) is 0.553. The molecule has 2 aliphatic heterocycles. The normalized spacial score (nSPS) is 18.3. The standard InChI is InChI=1S/C18H24N4O4.ClH/c23-13-15(14-25-17-3-7-20-8-4-17)18(24)26-22-11-9-21(10-12-22)16-1-5-19-6-2-16;/h1-2,5-6,17,20H,3-4,7-12,14H2;1H. The summed E-state index contributed by atoms with van der Waals surface area (Å²) in [7, 11) is 0. The predicted molar refractivity (Wildman–Crippen MR) is 102 cm³/mol. The van der Waals surface area contributed by atoms with Crippen LogP contribution in [0.25, 0.3) is 0 Å². The lowest BCUT2D eigenvalue weighted by Crippen LogP contribution is -2.47. The van der Waals surface area contributed by atoms with Crippen molar-refractivity contribution in [2.75, 3.05) is 50.8 Å². The van der Waals surface area contributed by atoms with Crippen molar-refractivity contribution in [1.29, 1.82) is 0 Å². The molecule has 8 nitrogen and oxygen atoms in total. The Bertz CT molecular complexity index is 640. The molecule has 0 saturated carbocycles. The second-order valence-electron chi connectivity index (χ2n) is 6.34. The topological polar surface area (TPSA) is 84.0 Å². The van der Waals surface area contributed by atoms with Gasteiger partial charge >= 0.3 is 5.97 Å². The summed E-state index contributed by atoms with van der Waals surface area (Å²) >= 11 is 0. The molecular weight excluding hydrogens is 372 g/mol. The van der Waals surface area contributed by atoms with E-state index < -0.39 is 5.97 Å². The van der Waals surface area contributed by atoms with Crippen LogP contribution >= 0.6 is 12.4 Å². The molecule has 2 aliphatic rings. The number of ether oxygens (including phenoxy) is 1. The summed E-state index contributed by atoms with van der Waals surface area (Å²) in [5.74, 6) is 0.998. The van der Waals surface area contributed by atoms with Crippen molar-refractivity contribution in [2.45, 2.75) is 18.9 Å². The number of hydrogen-bond acceptors (Lipinski definition) is 8. The van der Waals surface area contributed by atoms with E-state index >= 15 is 0 Å². The zero-order chi connectivity index (χ0) is 18.2. The first kappa shape index (κ1) is 21.3. The van der Waals surface area contributed by atoms with Gasteiger partial charge in [-0.25, -0.2) is 9.59 Å². The fourth-order valence-corrected chi connectivity index (χ4v) is 3.06. The SMILES string of the molecule is Cl.O=C=C(COC1CCNCC1)C(=O)ON1CCN(c2ccncc2)CC1. The highest BCUT2D eigenvalue weighted by atomic mass is 35.5. The van der Waals surface area contributed by atoms with Crippen LogP contribution in [-0.4, -0.2) is 73.9 Å². The Kier molecular flexibility index (Phi) is 8.71. The van der Waals surface area contributed by atoms with Crippen LogP contribution in [0.1, 0.15) is 12.8 Å². The molecule has 0 bridgehead atoms. The van der Waals surface area contributed by atoms with Crippen molar-refractivity contribution in [1.82, 2.24) is 15.4 Å². The summed E-state index contributed by atoms with van der Waals surface area (Å²) in [6.45, 7) is 4.30. The lowest BCUT2D eigenvalue weighted by atomic mass is 10.1. The van der Waals surface area contributed by atoms with E-state index in [9.17, 15) is 9.59 Å². The molecule has 1 N–H and O–H groups in total. The van der Waals surface area contributed by atoms with Crippen molar-refractivity contribution in [3.63, 3.8) is 0 Å². The third-order valence-electron chi connectivity index (χ3n) is 4.60. The number of carbonyl (C=O) groups excluding carboxylic acids is 2. The van der Waals surface area contributed by atoms with E-state index in [2.05, 4.69) is 15.2 Å². The molecular formula is C18H25ClN4O4. The summed E-state index contributed by atoms with van der Waals surface area (Å²) in [6.07, 6.45) is 5.32. The first-order valence-corrected chi connectivity index (χ1v) is 8.95. The van der Waals surface area contributed by atoms with Crippen LogP contribution < -0.4 is 10.2 Å². The summed E-state index contributed by atoms with van der Waals surface area (Å²) in [6, 6.07) is 3.90. The number of pyridine rings is 1. The minimum Gasteiger partial charge on any atom is -0.372 e. The van der Waals surface area contributed by atoms with Crippen LogP contribution in [0, 0.1) is 0 Å². The van der Waals surface area contributed by atoms with Gasteiger partial charge in [-0.05, 0) is 38.1 Å². The predicted octanol–water partition coefficient (Wildman–Crippen LogP) is 0.610. The second kappa shape index (κ2) is 11.0. The number of nitrogens with one attached hydrogen (secondary N) is 1. The van der Waals surface area contributed by atoms with Gasteiger partial charge in [0.2, 0.25) is 0 Å². The van der Waals surface area contributed by atoms with E-state index in [1.807, 2.05) is 12.1 Å². The average Bonchev–Trinajstić information content (AvgIpc) is 2.70.